The SMILES string of the molecule is CC(=O)C(=O)N(C)Cc1ccc(C)cc1C. The molecular weight excluding hydrogens is 202 g/mol. The van der Waals surface area contributed by atoms with Crippen molar-refractivity contribution in [1.29, 1.82) is 0 Å². The van der Waals surface area contributed by atoms with Crippen molar-refractivity contribution in [3.63, 3.8) is 0 Å². The average molecular weight is 219 g/mol. The number of Topliss-reactive ketones (excluding diaryl/α,β-unsaturated/α-hetero) is 1. The highest BCUT2D eigenvalue weighted by Gasteiger charge is 2.14. The minimum atomic E-state index is -0.444. The molecule has 0 unspecified atom stereocenters. The first-order valence-corrected chi connectivity index (χ1v) is 5.24. The summed E-state index contributed by atoms with van der Waals surface area (Å²) in [7, 11) is 1.64. The van der Waals surface area contributed by atoms with Crippen LogP contribution in [0.5, 0.6) is 0 Å². The Kier molecular flexibility index (Phi) is 3.82. The van der Waals surface area contributed by atoms with E-state index in [1.807, 2.05) is 26.0 Å². The van der Waals surface area contributed by atoms with Crippen LogP contribution in [0.4, 0.5) is 0 Å². The Labute approximate surface area is 96.1 Å². The lowest BCUT2D eigenvalue weighted by Crippen LogP contribution is -2.31. The number of amides is 1. The van der Waals surface area contributed by atoms with Crippen LogP contribution in [-0.2, 0) is 16.1 Å². The van der Waals surface area contributed by atoms with E-state index in [9.17, 15) is 9.59 Å². The molecule has 0 radical (unpaired) electrons. The second kappa shape index (κ2) is 4.92. The molecule has 0 aromatic heterocycles. The normalized spacial score (nSPS) is 10.0. The van der Waals surface area contributed by atoms with Crippen molar-refractivity contribution in [3.8, 4) is 0 Å². The van der Waals surface area contributed by atoms with E-state index in [-0.39, 0.29) is 0 Å². The van der Waals surface area contributed by atoms with Gasteiger partial charge in [-0.25, -0.2) is 0 Å². The van der Waals surface area contributed by atoms with Gasteiger partial charge < -0.3 is 4.90 Å². The molecule has 0 aliphatic carbocycles. The molecule has 1 aromatic rings. The number of ketones is 1. The van der Waals surface area contributed by atoms with Crippen molar-refractivity contribution in [2.24, 2.45) is 0 Å². The molecule has 0 saturated carbocycles. The smallest absolute Gasteiger partial charge is 0.289 e. The van der Waals surface area contributed by atoms with Gasteiger partial charge in [0.2, 0.25) is 5.78 Å². The average Bonchev–Trinajstić information content (AvgIpc) is 2.20. The Balaban J connectivity index is 2.81. The van der Waals surface area contributed by atoms with Gasteiger partial charge >= 0.3 is 0 Å². The number of benzene rings is 1. The van der Waals surface area contributed by atoms with E-state index in [0.29, 0.717) is 6.54 Å². The van der Waals surface area contributed by atoms with Crippen LogP contribution in [0.25, 0.3) is 0 Å². The molecule has 0 heterocycles. The second-order valence-electron chi connectivity index (χ2n) is 4.15. The third-order valence-corrected chi connectivity index (χ3v) is 2.55. The summed E-state index contributed by atoms with van der Waals surface area (Å²) in [5.41, 5.74) is 3.41. The van der Waals surface area contributed by atoms with Gasteiger partial charge in [0, 0.05) is 20.5 Å². The van der Waals surface area contributed by atoms with Gasteiger partial charge in [-0.05, 0) is 25.0 Å². The second-order valence-corrected chi connectivity index (χ2v) is 4.15. The van der Waals surface area contributed by atoms with Crippen molar-refractivity contribution in [2.75, 3.05) is 7.05 Å². The minimum Gasteiger partial charge on any atom is -0.335 e. The third kappa shape index (κ3) is 2.92. The van der Waals surface area contributed by atoms with E-state index >= 15 is 0 Å². The molecule has 3 nitrogen and oxygen atoms in total. The number of hydrogen-bond acceptors (Lipinski definition) is 2. The van der Waals surface area contributed by atoms with Gasteiger partial charge in [-0.3, -0.25) is 9.59 Å². The van der Waals surface area contributed by atoms with Gasteiger partial charge in [-0.2, -0.15) is 0 Å². The molecule has 16 heavy (non-hydrogen) atoms. The molecule has 3 heteroatoms. The molecule has 0 spiro atoms. The fourth-order valence-electron chi connectivity index (χ4n) is 1.62. The van der Waals surface area contributed by atoms with Crippen LogP contribution in [0.15, 0.2) is 18.2 Å². The zero-order chi connectivity index (χ0) is 12.3. The van der Waals surface area contributed by atoms with Crippen LogP contribution in [0.3, 0.4) is 0 Å². The highest BCUT2D eigenvalue weighted by Crippen LogP contribution is 2.12. The predicted molar refractivity (Wildman–Crippen MR) is 63.1 cm³/mol. The summed E-state index contributed by atoms with van der Waals surface area (Å²) in [6, 6.07) is 6.07. The molecule has 0 aliphatic heterocycles. The zero-order valence-corrected chi connectivity index (χ0v) is 10.2. The summed E-state index contributed by atoms with van der Waals surface area (Å²) in [6.45, 7) is 5.81. The largest absolute Gasteiger partial charge is 0.335 e. The van der Waals surface area contributed by atoms with Gasteiger partial charge in [-0.1, -0.05) is 23.8 Å². The summed E-state index contributed by atoms with van der Waals surface area (Å²) in [6.07, 6.45) is 0. The first-order valence-electron chi connectivity index (χ1n) is 5.24. The molecule has 0 saturated heterocycles. The Bertz CT molecular complexity index is 424. The van der Waals surface area contributed by atoms with Crippen LogP contribution >= 0.6 is 0 Å². The molecule has 1 amide bonds. The Morgan fingerprint density at radius 1 is 1.25 bits per heavy atom. The Hall–Kier alpha value is -1.64. The Morgan fingerprint density at radius 3 is 2.38 bits per heavy atom. The standard InChI is InChI=1S/C13H17NO2/c1-9-5-6-12(10(2)7-9)8-14(4)13(16)11(3)15/h5-7H,8H2,1-4H3. The van der Waals surface area contributed by atoms with E-state index in [0.717, 1.165) is 11.1 Å². The molecule has 0 N–H and O–H groups in total. The summed E-state index contributed by atoms with van der Waals surface area (Å²) in [4.78, 5) is 23.8. The first-order chi connectivity index (χ1) is 7.41. The van der Waals surface area contributed by atoms with Gasteiger partial charge in [0.1, 0.15) is 0 Å². The number of hydrogen-bond donors (Lipinski definition) is 0. The van der Waals surface area contributed by atoms with Crippen LogP contribution in [0, 0.1) is 13.8 Å². The molecule has 0 fully saturated rings. The van der Waals surface area contributed by atoms with Crippen molar-refractivity contribution >= 4 is 11.7 Å². The van der Waals surface area contributed by atoms with Crippen molar-refractivity contribution in [1.82, 2.24) is 4.90 Å². The number of likely N-dealkylation sites (N-methyl/N-ethyl adjacent to an activating group) is 1. The first kappa shape index (κ1) is 12.4. The summed E-state index contributed by atoms with van der Waals surface area (Å²) in [5, 5.41) is 0. The highest BCUT2D eigenvalue weighted by atomic mass is 16.2. The van der Waals surface area contributed by atoms with Crippen molar-refractivity contribution in [3.05, 3.63) is 34.9 Å². The maximum atomic E-state index is 11.4. The van der Waals surface area contributed by atoms with Crippen LogP contribution in [-0.4, -0.2) is 23.6 Å². The van der Waals surface area contributed by atoms with E-state index < -0.39 is 11.7 Å². The van der Waals surface area contributed by atoms with Gasteiger partial charge in [0.25, 0.3) is 5.91 Å². The number of rotatable bonds is 3. The molecule has 0 aliphatic rings. The summed E-state index contributed by atoms with van der Waals surface area (Å²) < 4.78 is 0. The molecule has 86 valence electrons. The Morgan fingerprint density at radius 2 is 1.88 bits per heavy atom. The maximum absolute atomic E-state index is 11.4. The van der Waals surface area contributed by atoms with E-state index in [1.165, 1.54) is 17.4 Å². The number of nitrogens with zero attached hydrogens (tertiary/aromatic N) is 1. The lowest BCUT2D eigenvalue weighted by atomic mass is 10.1. The predicted octanol–water partition coefficient (Wildman–Crippen LogP) is 1.85. The molecule has 0 bridgehead atoms. The quantitative estimate of drug-likeness (QED) is 0.727. The van der Waals surface area contributed by atoms with E-state index in [4.69, 9.17) is 0 Å². The van der Waals surface area contributed by atoms with Gasteiger partial charge in [-0.15, -0.1) is 0 Å². The van der Waals surface area contributed by atoms with Crippen molar-refractivity contribution < 1.29 is 9.59 Å². The molecule has 0 atom stereocenters. The summed E-state index contributed by atoms with van der Waals surface area (Å²) >= 11 is 0. The van der Waals surface area contributed by atoms with E-state index in [1.54, 1.807) is 7.05 Å². The fraction of sp³-hybridized carbons (Fsp3) is 0.385. The highest BCUT2D eigenvalue weighted by molar-refractivity contribution is 6.34. The maximum Gasteiger partial charge on any atom is 0.289 e. The molecular formula is C13H17NO2. The molecule has 1 rings (SSSR count). The lowest BCUT2D eigenvalue weighted by Gasteiger charge is -2.17. The molecule has 1 aromatic carbocycles. The lowest BCUT2D eigenvalue weighted by molar-refractivity contribution is -0.143. The van der Waals surface area contributed by atoms with E-state index in [2.05, 4.69) is 6.07 Å². The van der Waals surface area contributed by atoms with Crippen LogP contribution < -0.4 is 0 Å². The van der Waals surface area contributed by atoms with Crippen LogP contribution in [0.2, 0.25) is 0 Å². The van der Waals surface area contributed by atoms with Crippen LogP contribution in [0.1, 0.15) is 23.6 Å². The number of carbonyl (C=O) groups excluding carboxylic acids is 2. The minimum absolute atomic E-state index is 0.424. The third-order valence-electron chi connectivity index (χ3n) is 2.55. The number of aryl methyl sites for hydroxylation is 2. The zero-order valence-electron chi connectivity index (χ0n) is 10.2. The topological polar surface area (TPSA) is 37.4 Å². The summed E-state index contributed by atoms with van der Waals surface area (Å²) in [5.74, 6) is -0.868. The fourth-order valence-corrected chi connectivity index (χ4v) is 1.62. The van der Waals surface area contributed by atoms with Gasteiger partial charge in [0.05, 0.1) is 0 Å². The number of carbonyl (C=O) groups is 2. The monoisotopic (exact) mass is 219 g/mol. The van der Waals surface area contributed by atoms with Crippen molar-refractivity contribution in [2.45, 2.75) is 27.3 Å². The van der Waals surface area contributed by atoms with Gasteiger partial charge in [0.15, 0.2) is 0 Å².